The van der Waals surface area contributed by atoms with Crippen LogP contribution in [0.25, 0.3) is 0 Å². The van der Waals surface area contributed by atoms with Crippen molar-refractivity contribution in [3.63, 3.8) is 0 Å². The number of esters is 3. The van der Waals surface area contributed by atoms with Gasteiger partial charge in [-0.15, -0.1) is 0 Å². The molecule has 0 bridgehead atoms. The summed E-state index contributed by atoms with van der Waals surface area (Å²) < 4.78 is 16.5. The van der Waals surface area contributed by atoms with Gasteiger partial charge in [-0.1, -0.05) is 18.7 Å². The normalized spacial score (nSPS) is 31.6. The summed E-state index contributed by atoms with van der Waals surface area (Å²) in [5.41, 5.74) is 1.95. The smallest absolute Gasteiger partial charge is 0.334 e. The summed E-state index contributed by atoms with van der Waals surface area (Å²) in [4.78, 5) is 36.1. The fourth-order valence-electron chi connectivity index (χ4n) is 3.41. The minimum atomic E-state index is -0.742. The Balaban J connectivity index is 2.48. The molecule has 29 heavy (non-hydrogen) atoms. The van der Waals surface area contributed by atoms with Gasteiger partial charge in [0.25, 0.3) is 0 Å². The molecular weight excluding hydrogens is 376 g/mol. The highest BCUT2D eigenvalue weighted by atomic mass is 16.6. The zero-order chi connectivity index (χ0) is 21.7. The first-order valence-corrected chi connectivity index (χ1v) is 9.55. The van der Waals surface area contributed by atoms with E-state index in [-0.39, 0.29) is 18.6 Å². The SMILES string of the molecule is C=C1C(=O)O[C@H]2/C=C(\C)[C@H](OC(C)=O)C/C=C(\CO)C[C@H](OC(=O)/C(C)=C/C)[C@H]12. The van der Waals surface area contributed by atoms with Crippen LogP contribution in [0.15, 0.2) is 47.1 Å². The average Bonchev–Trinajstić information content (AvgIpc) is 2.94. The molecule has 1 fully saturated rings. The molecule has 0 radical (unpaired) electrons. The average molecular weight is 404 g/mol. The van der Waals surface area contributed by atoms with Crippen LogP contribution in [0.5, 0.6) is 0 Å². The minimum Gasteiger partial charge on any atom is -0.458 e. The van der Waals surface area contributed by atoms with Gasteiger partial charge in [0.2, 0.25) is 0 Å². The fraction of sp³-hybridized carbons (Fsp3) is 0.500. The van der Waals surface area contributed by atoms with Crippen LogP contribution in [0.3, 0.4) is 0 Å². The standard InChI is InChI=1S/C22H28O7/c1-6-12(2)21(25)28-19-10-16(11-23)7-8-17(27-15(5)24)13(3)9-18-20(19)14(4)22(26)29-18/h6-7,9,17-20,23H,4,8,10-11H2,1-3,5H3/b12-6+,13-9+,16-7-/t17-,18+,19+,20-/m1/s1. The zero-order valence-corrected chi connectivity index (χ0v) is 17.3. The van der Waals surface area contributed by atoms with E-state index in [0.717, 1.165) is 0 Å². The van der Waals surface area contributed by atoms with Crippen molar-refractivity contribution >= 4 is 17.9 Å². The largest absolute Gasteiger partial charge is 0.458 e. The van der Waals surface area contributed by atoms with Crippen molar-refractivity contribution in [2.24, 2.45) is 5.92 Å². The van der Waals surface area contributed by atoms with E-state index in [0.29, 0.717) is 23.1 Å². The van der Waals surface area contributed by atoms with Gasteiger partial charge in [-0.05, 0) is 38.0 Å². The number of hydrogen-bond acceptors (Lipinski definition) is 7. The highest BCUT2D eigenvalue weighted by molar-refractivity contribution is 5.92. The Morgan fingerprint density at radius 1 is 1.34 bits per heavy atom. The molecular formula is C22H28O7. The molecule has 0 spiro atoms. The second-order valence-corrected chi connectivity index (χ2v) is 7.31. The maximum absolute atomic E-state index is 12.4. The van der Waals surface area contributed by atoms with Gasteiger partial charge < -0.3 is 19.3 Å². The molecule has 1 saturated heterocycles. The first-order valence-electron chi connectivity index (χ1n) is 9.55. The molecule has 0 amide bonds. The van der Waals surface area contributed by atoms with Gasteiger partial charge in [-0.2, -0.15) is 0 Å². The fourth-order valence-corrected chi connectivity index (χ4v) is 3.41. The van der Waals surface area contributed by atoms with Crippen LogP contribution in [0, 0.1) is 5.92 Å². The van der Waals surface area contributed by atoms with Crippen LogP contribution >= 0.6 is 0 Å². The Kier molecular flexibility index (Phi) is 7.56. The van der Waals surface area contributed by atoms with Gasteiger partial charge in [-0.3, -0.25) is 4.79 Å². The van der Waals surface area contributed by atoms with Gasteiger partial charge >= 0.3 is 17.9 Å². The van der Waals surface area contributed by atoms with Crippen molar-refractivity contribution in [1.82, 2.24) is 0 Å². The molecule has 7 heteroatoms. The first-order chi connectivity index (χ1) is 13.7. The van der Waals surface area contributed by atoms with Crippen LogP contribution in [0.1, 0.15) is 40.5 Å². The lowest BCUT2D eigenvalue weighted by Crippen LogP contribution is -2.34. The third kappa shape index (κ3) is 5.44. The topological polar surface area (TPSA) is 99.1 Å². The Hall–Kier alpha value is -2.67. The quantitative estimate of drug-likeness (QED) is 0.333. The number of carbonyl (C=O) groups is 3. The summed E-state index contributed by atoms with van der Waals surface area (Å²) in [5.74, 6) is -2.12. The molecule has 0 aromatic carbocycles. The van der Waals surface area contributed by atoms with E-state index in [1.54, 1.807) is 39.0 Å². The lowest BCUT2D eigenvalue weighted by Gasteiger charge is -2.29. The van der Waals surface area contributed by atoms with Crippen LogP contribution in [0.2, 0.25) is 0 Å². The van der Waals surface area contributed by atoms with Crippen molar-refractivity contribution in [1.29, 1.82) is 0 Å². The molecule has 158 valence electrons. The number of hydrogen-bond donors (Lipinski definition) is 1. The van der Waals surface area contributed by atoms with Gasteiger partial charge in [0.15, 0.2) is 0 Å². The predicted octanol–water partition coefficient (Wildman–Crippen LogP) is 2.55. The van der Waals surface area contributed by atoms with Crippen LogP contribution in [0.4, 0.5) is 0 Å². The first kappa shape index (κ1) is 22.6. The van der Waals surface area contributed by atoms with E-state index in [9.17, 15) is 19.5 Å². The van der Waals surface area contributed by atoms with Gasteiger partial charge in [0.1, 0.15) is 18.3 Å². The number of aliphatic hydroxyl groups excluding tert-OH is 1. The van der Waals surface area contributed by atoms with E-state index in [4.69, 9.17) is 14.2 Å². The second-order valence-electron chi connectivity index (χ2n) is 7.31. The number of carbonyl (C=O) groups excluding carboxylic acids is 3. The van der Waals surface area contributed by atoms with Crippen molar-refractivity contribution in [2.45, 2.75) is 58.8 Å². The zero-order valence-electron chi connectivity index (χ0n) is 17.3. The van der Waals surface area contributed by atoms with Gasteiger partial charge in [-0.25, -0.2) is 9.59 Å². The minimum absolute atomic E-state index is 0.204. The lowest BCUT2D eigenvalue weighted by atomic mass is 9.85. The maximum Gasteiger partial charge on any atom is 0.334 e. The summed E-state index contributed by atoms with van der Waals surface area (Å²) in [7, 11) is 0. The van der Waals surface area contributed by atoms with E-state index in [2.05, 4.69) is 6.58 Å². The summed E-state index contributed by atoms with van der Waals surface area (Å²) >= 11 is 0. The third-order valence-corrected chi connectivity index (χ3v) is 5.21. The molecule has 1 aliphatic heterocycles. The monoisotopic (exact) mass is 404 g/mol. The third-order valence-electron chi connectivity index (χ3n) is 5.21. The Labute approximate surface area is 170 Å². The molecule has 1 heterocycles. The molecule has 1 aliphatic carbocycles. The molecule has 0 unspecified atom stereocenters. The molecule has 0 saturated carbocycles. The number of fused-ring (bicyclic) bond motifs is 1. The Morgan fingerprint density at radius 2 is 2.03 bits per heavy atom. The van der Waals surface area contributed by atoms with E-state index >= 15 is 0 Å². The molecule has 7 nitrogen and oxygen atoms in total. The van der Waals surface area contributed by atoms with Crippen LogP contribution < -0.4 is 0 Å². The van der Waals surface area contributed by atoms with Crippen molar-refractivity contribution in [2.75, 3.05) is 6.61 Å². The molecule has 1 N–H and O–H groups in total. The summed E-state index contributed by atoms with van der Waals surface area (Å²) in [6, 6.07) is 0. The highest BCUT2D eigenvalue weighted by Crippen LogP contribution is 2.36. The Bertz CT molecular complexity index is 787. The molecule has 2 aliphatic rings. The summed E-state index contributed by atoms with van der Waals surface area (Å²) in [6.45, 7) is 10.0. The molecule has 0 aromatic heterocycles. The number of allylic oxidation sites excluding steroid dienone is 1. The lowest BCUT2D eigenvalue weighted by molar-refractivity contribution is -0.148. The van der Waals surface area contributed by atoms with E-state index in [1.165, 1.54) is 6.92 Å². The second kappa shape index (κ2) is 9.69. The molecule has 2 rings (SSSR count). The molecule has 0 aromatic rings. The van der Waals surface area contributed by atoms with Crippen molar-refractivity contribution in [3.8, 4) is 0 Å². The van der Waals surface area contributed by atoms with Crippen LogP contribution in [-0.4, -0.2) is 47.9 Å². The number of rotatable bonds is 4. The van der Waals surface area contributed by atoms with E-state index in [1.807, 2.05) is 0 Å². The Morgan fingerprint density at radius 3 is 2.62 bits per heavy atom. The molecule has 4 atom stereocenters. The van der Waals surface area contributed by atoms with Crippen LogP contribution in [-0.2, 0) is 28.6 Å². The summed E-state index contributed by atoms with van der Waals surface area (Å²) in [6.07, 6.45) is 3.68. The van der Waals surface area contributed by atoms with Gasteiger partial charge in [0, 0.05) is 30.9 Å². The van der Waals surface area contributed by atoms with Gasteiger partial charge in [0.05, 0.1) is 12.5 Å². The van der Waals surface area contributed by atoms with E-state index < -0.39 is 42.1 Å². The van der Waals surface area contributed by atoms with Crippen molar-refractivity contribution in [3.05, 3.63) is 47.1 Å². The maximum atomic E-state index is 12.4. The van der Waals surface area contributed by atoms with Crippen molar-refractivity contribution < 1.29 is 33.7 Å². The number of aliphatic hydroxyl groups is 1. The number of ether oxygens (including phenoxy) is 3. The summed E-state index contributed by atoms with van der Waals surface area (Å²) in [5, 5.41) is 9.81. The highest BCUT2D eigenvalue weighted by Gasteiger charge is 2.45. The predicted molar refractivity (Wildman–Crippen MR) is 106 cm³/mol.